The summed E-state index contributed by atoms with van der Waals surface area (Å²) >= 11 is 0. The van der Waals surface area contributed by atoms with Crippen molar-refractivity contribution in [2.24, 2.45) is 0 Å². The lowest BCUT2D eigenvalue weighted by Gasteiger charge is -2.26. The Morgan fingerprint density at radius 1 is 1.38 bits per heavy atom. The molecule has 1 fully saturated rings. The number of nitrogens with two attached hydrogens (primary N) is 1. The molecular formula is C17H20FN3O3. The average molecular weight is 333 g/mol. The topological polar surface area (TPSA) is 79.4 Å². The Hall–Kier alpha value is -2.25. The first-order chi connectivity index (χ1) is 11.6. The van der Waals surface area contributed by atoms with Crippen LogP contribution in [-0.4, -0.2) is 28.4 Å². The van der Waals surface area contributed by atoms with Crippen molar-refractivity contribution >= 4 is 5.82 Å². The van der Waals surface area contributed by atoms with Crippen molar-refractivity contribution in [2.75, 3.05) is 19.0 Å². The van der Waals surface area contributed by atoms with Gasteiger partial charge in [0.2, 0.25) is 0 Å². The molecule has 1 saturated heterocycles. The lowest BCUT2D eigenvalue weighted by molar-refractivity contribution is -0.125. The minimum Gasteiger partial charge on any atom is -0.383 e. The maximum absolute atomic E-state index is 13.6. The van der Waals surface area contributed by atoms with Crippen LogP contribution < -0.4 is 11.4 Å². The molecule has 1 aliphatic heterocycles. The fourth-order valence-corrected chi connectivity index (χ4v) is 2.81. The second-order valence-electron chi connectivity index (χ2n) is 5.95. The molecule has 0 aliphatic carbocycles. The van der Waals surface area contributed by atoms with Gasteiger partial charge in [-0.1, -0.05) is 30.3 Å². The lowest BCUT2D eigenvalue weighted by Crippen LogP contribution is -2.38. The van der Waals surface area contributed by atoms with Gasteiger partial charge in [-0.15, -0.1) is 0 Å². The molecule has 3 rings (SSSR count). The molecule has 1 aliphatic rings. The van der Waals surface area contributed by atoms with Crippen molar-refractivity contribution < 1.29 is 13.9 Å². The van der Waals surface area contributed by atoms with E-state index in [0.717, 1.165) is 5.56 Å². The Bertz CT molecular complexity index is 737. The molecule has 0 unspecified atom stereocenters. The maximum Gasteiger partial charge on any atom is 0.351 e. The van der Waals surface area contributed by atoms with E-state index in [1.54, 1.807) is 0 Å². The number of anilines is 1. The maximum atomic E-state index is 13.6. The standard InChI is InChI=1S/C17H20FN3O3/c18-11-17(12-23-10-13-4-2-1-3-5-13)8-6-15(24-17)21-9-7-14(19)20-16(21)22/h1-5,7,9,15H,6,8,10-12H2,(H2,19,20,22)/t15-,17-/m1/s1. The summed E-state index contributed by atoms with van der Waals surface area (Å²) in [5.74, 6) is 0.150. The normalized spacial score (nSPS) is 23.5. The summed E-state index contributed by atoms with van der Waals surface area (Å²) in [6.45, 7) is -0.151. The largest absolute Gasteiger partial charge is 0.383 e. The summed E-state index contributed by atoms with van der Waals surface area (Å²) < 4.78 is 26.4. The third kappa shape index (κ3) is 3.63. The van der Waals surface area contributed by atoms with Crippen LogP contribution in [0.2, 0.25) is 0 Å². The van der Waals surface area contributed by atoms with Crippen LogP contribution in [0.4, 0.5) is 10.2 Å². The van der Waals surface area contributed by atoms with Gasteiger partial charge in [0.15, 0.2) is 0 Å². The highest BCUT2D eigenvalue weighted by atomic mass is 19.1. The molecule has 2 aromatic rings. The smallest absolute Gasteiger partial charge is 0.351 e. The third-order valence-electron chi connectivity index (χ3n) is 4.11. The minimum absolute atomic E-state index is 0.131. The van der Waals surface area contributed by atoms with E-state index < -0.39 is 24.2 Å². The van der Waals surface area contributed by atoms with Crippen molar-refractivity contribution in [1.82, 2.24) is 9.55 Å². The SMILES string of the molecule is Nc1ccn([C@H]2CC[C@@](CF)(COCc3ccccc3)O2)c(=O)n1. The van der Waals surface area contributed by atoms with E-state index in [2.05, 4.69) is 4.98 Å². The number of ether oxygens (including phenoxy) is 2. The number of benzene rings is 1. The molecule has 1 aromatic carbocycles. The summed E-state index contributed by atoms with van der Waals surface area (Å²) in [5, 5.41) is 0. The Morgan fingerprint density at radius 3 is 2.88 bits per heavy atom. The van der Waals surface area contributed by atoms with Gasteiger partial charge >= 0.3 is 5.69 Å². The van der Waals surface area contributed by atoms with Gasteiger partial charge in [0.25, 0.3) is 0 Å². The highest BCUT2D eigenvalue weighted by Gasteiger charge is 2.42. The molecule has 0 bridgehead atoms. The number of hydrogen-bond acceptors (Lipinski definition) is 5. The van der Waals surface area contributed by atoms with E-state index in [1.807, 2.05) is 30.3 Å². The third-order valence-corrected chi connectivity index (χ3v) is 4.11. The quantitative estimate of drug-likeness (QED) is 0.875. The van der Waals surface area contributed by atoms with E-state index >= 15 is 0 Å². The van der Waals surface area contributed by atoms with E-state index in [0.29, 0.717) is 19.4 Å². The van der Waals surface area contributed by atoms with Crippen LogP contribution >= 0.6 is 0 Å². The first kappa shape index (κ1) is 16.6. The number of halogens is 1. The summed E-state index contributed by atoms with van der Waals surface area (Å²) in [6, 6.07) is 11.2. The monoisotopic (exact) mass is 333 g/mol. The zero-order valence-electron chi connectivity index (χ0n) is 13.2. The Morgan fingerprint density at radius 2 is 2.17 bits per heavy atom. The van der Waals surface area contributed by atoms with Crippen molar-refractivity contribution in [2.45, 2.75) is 31.3 Å². The average Bonchev–Trinajstić information content (AvgIpc) is 3.00. The summed E-state index contributed by atoms with van der Waals surface area (Å²) in [4.78, 5) is 15.6. The number of aromatic nitrogens is 2. The number of rotatable bonds is 6. The van der Waals surface area contributed by atoms with E-state index in [4.69, 9.17) is 15.2 Å². The molecule has 24 heavy (non-hydrogen) atoms. The molecule has 0 radical (unpaired) electrons. The van der Waals surface area contributed by atoms with E-state index in [9.17, 15) is 9.18 Å². The fraction of sp³-hybridized carbons (Fsp3) is 0.412. The van der Waals surface area contributed by atoms with Gasteiger partial charge < -0.3 is 15.2 Å². The molecule has 0 saturated carbocycles. The van der Waals surface area contributed by atoms with Crippen LogP contribution in [0.3, 0.4) is 0 Å². The molecule has 2 N–H and O–H groups in total. The number of hydrogen-bond donors (Lipinski definition) is 1. The second-order valence-corrected chi connectivity index (χ2v) is 5.95. The van der Waals surface area contributed by atoms with Gasteiger partial charge in [-0.2, -0.15) is 4.98 Å². The predicted octanol–water partition coefficient (Wildman–Crippen LogP) is 2.06. The van der Waals surface area contributed by atoms with Crippen molar-refractivity contribution in [3.8, 4) is 0 Å². The van der Waals surface area contributed by atoms with E-state index in [1.165, 1.54) is 16.8 Å². The predicted molar refractivity (Wildman–Crippen MR) is 87.1 cm³/mol. The van der Waals surface area contributed by atoms with Gasteiger partial charge in [-0.05, 0) is 24.5 Å². The van der Waals surface area contributed by atoms with Crippen LogP contribution in [0.25, 0.3) is 0 Å². The van der Waals surface area contributed by atoms with E-state index in [-0.39, 0.29) is 12.4 Å². The molecule has 2 atom stereocenters. The fourth-order valence-electron chi connectivity index (χ4n) is 2.81. The Balaban J connectivity index is 1.63. The van der Waals surface area contributed by atoms with Crippen molar-refractivity contribution in [3.05, 3.63) is 58.6 Å². The molecule has 7 heteroatoms. The number of nitrogen functional groups attached to an aromatic ring is 1. The van der Waals surface area contributed by atoms with Gasteiger partial charge in [0.05, 0.1) is 13.2 Å². The van der Waals surface area contributed by atoms with Gasteiger partial charge in [0, 0.05) is 6.20 Å². The van der Waals surface area contributed by atoms with Gasteiger partial charge in [0.1, 0.15) is 24.3 Å². The van der Waals surface area contributed by atoms with Gasteiger partial charge in [-0.3, -0.25) is 4.57 Å². The Labute approximate surface area is 139 Å². The van der Waals surface area contributed by atoms with Crippen molar-refractivity contribution in [1.29, 1.82) is 0 Å². The van der Waals surface area contributed by atoms with Crippen LogP contribution in [-0.2, 0) is 16.1 Å². The zero-order chi connectivity index (χ0) is 17.0. The first-order valence-electron chi connectivity index (χ1n) is 7.82. The van der Waals surface area contributed by atoms with Gasteiger partial charge in [-0.25, -0.2) is 9.18 Å². The summed E-state index contributed by atoms with van der Waals surface area (Å²) in [6.07, 6.45) is 1.96. The zero-order valence-corrected chi connectivity index (χ0v) is 13.2. The number of nitrogens with zero attached hydrogens (tertiary/aromatic N) is 2. The molecule has 0 amide bonds. The minimum atomic E-state index is -1.03. The highest BCUT2D eigenvalue weighted by molar-refractivity contribution is 5.23. The molecular weight excluding hydrogens is 313 g/mol. The number of alkyl halides is 1. The van der Waals surface area contributed by atoms with Crippen LogP contribution in [0.5, 0.6) is 0 Å². The highest BCUT2D eigenvalue weighted by Crippen LogP contribution is 2.36. The van der Waals surface area contributed by atoms with Crippen LogP contribution in [0.15, 0.2) is 47.4 Å². The molecule has 128 valence electrons. The summed E-state index contributed by atoms with van der Waals surface area (Å²) in [7, 11) is 0. The first-order valence-corrected chi connectivity index (χ1v) is 7.82. The molecule has 6 nitrogen and oxygen atoms in total. The molecule has 1 aromatic heterocycles. The van der Waals surface area contributed by atoms with Crippen LogP contribution in [0.1, 0.15) is 24.6 Å². The van der Waals surface area contributed by atoms with Crippen LogP contribution in [0, 0.1) is 0 Å². The summed E-state index contributed by atoms with van der Waals surface area (Å²) in [5.41, 5.74) is 4.97. The lowest BCUT2D eigenvalue weighted by atomic mass is 10.0. The second kappa shape index (κ2) is 7.11. The van der Waals surface area contributed by atoms with Crippen molar-refractivity contribution in [3.63, 3.8) is 0 Å². The Kier molecular flexibility index (Phi) is 4.92. The molecule has 0 spiro atoms. The molecule has 2 heterocycles.